The van der Waals surface area contributed by atoms with Gasteiger partial charge in [-0.3, -0.25) is 0 Å². The zero-order valence-corrected chi connectivity index (χ0v) is 13.6. The topological polar surface area (TPSA) is 58.6 Å². The van der Waals surface area contributed by atoms with Crippen LogP contribution in [0.4, 0.5) is 0 Å². The lowest BCUT2D eigenvalue weighted by molar-refractivity contribution is 0.284. The van der Waals surface area contributed by atoms with Crippen LogP contribution in [0.15, 0.2) is 23.1 Å². The Morgan fingerprint density at radius 1 is 1.40 bits per heavy atom. The average molecular weight is 321 g/mol. The smallest absolute Gasteiger partial charge is 0.243 e. The zero-order valence-electron chi connectivity index (χ0n) is 11.9. The Labute approximate surface area is 126 Å². The summed E-state index contributed by atoms with van der Waals surface area (Å²) in [5, 5.41) is 3.19. The molecule has 0 unspecified atom stereocenters. The van der Waals surface area contributed by atoms with Crippen LogP contribution in [0, 0.1) is 6.92 Å². The highest BCUT2D eigenvalue weighted by molar-refractivity contribution is 7.89. The molecule has 1 heterocycles. The number of benzene rings is 1. The van der Waals surface area contributed by atoms with Crippen molar-refractivity contribution in [2.75, 3.05) is 26.7 Å². The molecule has 1 N–H and O–H groups in total. The number of halogens is 1. The molecule has 0 radical (unpaired) electrons. The van der Waals surface area contributed by atoms with E-state index in [4.69, 9.17) is 4.74 Å². The molecule has 20 heavy (non-hydrogen) atoms. The third-order valence-corrected chi connectivity index (χ3v) is 5.42. The highest BCUT2D eigenvalue weighted by Crippen LogP contribution is 2.25. The first-order valence-electron chi connectivity index (χ1n) is 6.34. The van der Waals surface area contributed by atoms with Gasteiger partial charge in [0.25, 0.3) is 0 Å². The van der Waals surface area contributed by atoms with E-state index in [1.807, 2.05) is 13.8 Å². The minimum atomic E-state index is -3.42. The molecule has 1 aromatic rings. The molecule has 0 aliphatic carbocycles. The van der Waals surface area contributed by atoms with E-state index in [9.17, 15) is 8.42 Å². The number of hydrogen-bond acceptors (Lipinski definition) is 4. The molecule has 1 aliphatic rings. The van der Waals surface area contributed by atoms with E-state index in [0.717, 1.165) is 5.56 Å². The molecular formula is C13H21ClN2O3S. The van der Waals surface area contributed by atoms with Crippen molar-refractivity contribution in [2.24, 2.45) is 0 Å². The number of sulfonamides is 1. The fourth-order valence-electron chi connectivity index (χ4n) is 2.33. The summed E-state index contributed by atoms with van der Waals surface area (Å²) in [6.07, 6.45) is 0. The number of methoxy groups -OCH3 is 1. The fourth-order valence-corrected chi connectivity index (χ4v) is 4.04. The van der Waals surface area contributed by atoms with Crippen molar-refractivity contribution in [2.45, 2.75) is 24.8 Å². The van der Waals surface area contributed by atoms with E-state index in [0.29, 0.717) is 30.3 Å². The molecule has 0 bridgehead atoms. The van der Waals surface area contributed by atoms with Crippen LogP contribution >= 0.6 is 12.4 Å². The average Bonchev–Trinajstić information content (AvgIpc) is 2.39. The van der Waals surface area contributed by atoms with Gasteiger partial charge in [-0.1, -0.05) is 0 Å². The van der Waals surface area contributed by atoms with Crippen molar-refractivity contribution in [3.63, 3.8) is 0 Å². The van der Waals surface area contributed by atoms with Crippen molar-refractivity contribution >= 4 is 22.4 Å². The fraction of sp³-hybridized carbons (Fsp3) is 0.538. The third-order valence-electron chi connectivity index (χ3n) is 3.41. The monoisotopic (exact) mass is 320 g/mol. The van der Waals surface area contributed by atoms with E-state index < -0.39 is 10.0 Å². The molecule has 0 amide bonds. The van der Waals surface area contributed by atoms with E-state index in [1.165, 1.54) is 0 Å². The number of ether oxygens (including phenoxy) is 1. The summed E-state index contributed by atoms with van der Waals surface area (Å²) >= 11 is 0. The predicted molar refractivity (Wildman–Crippen MR) is 81.2 cm³/mol. The van der Waals surface area contributed by atoms with Crippen molar-refractivity contribution in [3.05, 3.63) is 23.8 Å². The van der Waals surface area contributed by atoms with Crippen molar-refractivity contribution in [3.8, 4) is 5.75 Å². The summed E-state index contributed by atoms with van der Waals surface area (Å²) in [4.78, 5) is 0.333. The molecule has 0 spiro atoms. The van der Waals surface area contributed by atoms with Gasteiger partial charge in [-0.15, -0.1) is 12.4 Å². The van der Waals surface area contributed by atoms with Crippen LogP contribution in [-0.4, -0.2) is 45.5 Å². The summed E-state index contributed by atoms with van der Waals surface area (Å²) in [5.74, 6) is 0.701. The molecular weight excluding hydrogens is 300 g/mol. The van der Waals surface area contributed by atoms with Crippen LogP contribution in [0.25, 0.3) is 0 Å². The summed E-state index contributed by atoms with van der Waals surface area (Å²) in [6.45, 7) is 5.65. The van der Waals surface area contributed by atoms with Gasteiger partial charge >= 0.3 is 0 Å². The van der Waals surface area contributed by atoms with Crippen molar-refractivity contribution < 1.29 is 13.2 Å². The zero-order chi connectivity index (χ0) is 14.0. The minimum absolute atomic E-state index is 0. The highest BCUT2D eigenvalue weighted by atomic mass is 35.5. The molecule has 114 valence electrons. The van der Waals surface area contributed by atoms with Gasteiger partial charge in [0.15, 0.2) is 0 Å². The SMILES string of the molecule is COc1ccc(S(=O)(=O)N2CCNC[C@H]2C)cc1C.Cl. The van der Waals surface area contributed by atoms with Crippen molar-refractivity contribution in [1.29, 1.82) is 0 Å². The molecule has 5 nitrogen and oxygen atoms in total. The number of piperazine rings is 1. The molecule has 1 aliphatic heterocycles. The molecule has 2 rings (SSSR count). The van der Waals surface area contributed by atoms with Crippen LogP contribution in [0.5, 0.6) is 5.75 Å². The molecule has 7 heteroatoms. The maximum atomic E-state index is 12.6. The normalized spacial score (nSPS) is 20.2. The molecule has 1 aromatic carbocycles. The first-order chi connectivity index (χ1) is 8.96. The Balaban J connectivity index is 0.00000200. The van der Waals surface area contributed by atoms with Gasteiger partial charge in [0.2, 0.25) is 10.0 Å². The highest BCUT2D eigenvalue weighted by Gasteiger charge is 2.31. The lowest BCUT2D eigenvalue weighted by Gasteiger charge is -2.32. The first-order valence-corrected chi connectivity index (χ1v) is 7.78. The van der Waals surface area contributed by atoms with Crippen LogP contribution in [0.3, 0.4) is 0 Å². The van der Waals surface area contributed by atoms with Crippen LogP contribution in [0.2, 0.25) is 0 Å². The quantitative estimate of drug-likeness (QED) is 0.915. The standard InChI is InChI=1S/C13H20N2O3S.ClH/c1-10-8-12(4-5-13(10)18-3)19(16,17)15-7-6-14-9-11(15)2;/h4-5,8,11,14H,6-7,9H2,1-3H3;1H/t11-;/m1./s1. The molecule has 1 atom stereocenters. The maximum Gasteiger partial charge on any atom is 0.243 e. The van der Waals surface area contributed by atoms with E-state index in [1.54, 1.807) is 29.6 Å². The Morgan fingerprint density at radius 3 is 2.65 bits per heavy atom. The van der Waals surface area contributed by atoms with Gasteiger partial charge in [-0.25, -0.2) is 8.42 Å². The predicted octanol–water partition coefficient (Wildman–Crippen LogP) is 1.41. The Bertz CT molecular complexity index is 563. The second kappa shape index (κ2) is 6.76. The van der Waals surface area contributed by atoms with Crippen LogP contribution in [0.1, 0.15) is 12.5 Å². The number of hydrogen-bond donors (Lipinski definition) is 1. The Morgan fingerprint density at radius 2 is 2.10 bits per heavy atom. The Kier molecular flexibility index (Phi) is 5.82. The molecule has 1 fully saturated rings. The van der Waals surface area contributed by atoms with Crippen LogP contribution < -0.4 is 10.1 Å². The number of nitrogens with zero attached hydrogens (tertiary/aromatic N) is 1. The molecule has 0 saturated carbocycles. The van der Waals surface area contributed by atoms with Crippen LogP contribution in [-0.2, 0) is 10.0 Å². The maximum absolute atomic E-state index is 12.6. The summed E-state index contributed by atoms with van der Waals surface area (Å²) < 4.78 is 31.9. The van der Waals surface area contributed by atoms with E-state index >= 15 is 0 Å². The van der Waals surface area contributed by atoms with Gasteiger partial charge in [0, 0.05) is 25.7 Å². The summed E-state index contributed by atoms with van der Waals surface area (Å²) in [6, 6.07) is 4.95. The second-order valence-corrected chi connectivity index (χ2v) is 6.69. The van der Waals surface area contributed by atoms with Gasteiger partial charge in [0.05, 0.1) is 12.0 Å². The number of nitrogens with one attached hydrogen (secondary N) is 1. The van der Waals surface area contributed by atoms with Crippen molar-refractivity contribution in [1.82, 2.24) is 9.62 Å². The van der Waals surface area contributed by atoms with E-state index in [-0.39, 0.29) is 18.4 Å². The number of aryl methyl sites for hydroxylation is 1. The third kappa shape index (κ3) is 3.25. The largest absolute Gasteiger partial charge is 0.496 e. The summed E-state index contributed by atoms with van der Waals surface area (Å²) in [5.41, 5.74) is 0.825. The van der Waals surface area contributed by atoms with Gasteiger partial charge in [0.1, 0.15) is 5.75 Å². The second-order valence-electron chi connectivity index (χ2n) is 4.80. The van der Waals surface area contributed by atoms with Gasteiger partial charge < -0.3 is 10.1 Å². The lowest BCUT2D eigenvalue weighted by atomic mass is 10.2. The van der Waals surface area contributed by atoms with Gasteiger partial charge in [-0.05, 0) is 37.6 Å². The van der Waals surface area contributed by atoms with E-state index in [2.05, 4.69) is 5.32 Å². The first kappa shape index (κ1) is 17.2. The molecule has 1 saturated heterocycles. The minimum Gasteiger partial charge on any atom is -0.496 e. The van der Waals surface area contributed by atoms with Gasteiger partial charge in [-0.2, -0.15) is 4.31 Å². The number of rotatable bonds is 3. The molecule has 0 aromatic heterocycles. The lowest BCUT2D eigenvalue weighted by Crippen LogP contribution is -2.52. The summed E-state index contributed by atoms with van der Waals surface area (Å²) in [7, 11) is -1.84. The Hall–Kier alpha value is -0.820.